The molecule has 0 spiro atoms. The average molecular weight is 436 g/mol. The van der Waals surface area contributed by atoms with Gasteiger partial charge in [-0.15, -0.1) is 0 Å². The smallest absolute Gasteiger partial charge is 0.280 e. The zero-order valence-corrected chi connectivity index (χ0v) is 18.3. The Morgan fingerprint density at radius 2 is 1.84 bits per heavy atom. The van der Waals surface area contributed by atoms with Crippen LogP contribution in [0.1, 0.15) is 27.4 Å². The number of nitrogens with one attached hydrogen (secondary N) is 1. The van der Waals surface area contributed by atoms with Crippen LogP contribution in [0.2, 0.25) is 5.02 Å². The number of aryl methyl sites for hydroxylation is 4. The molecule has 158 valence electrons. The van der Waals surface area contributed by atoms with Crippen molar-refractivity contribution < 1.29 is 4.79 Å². The van der Waals surface area contributed by atoms with Crippen LogP contribution in [0.25, 0.3) is 10.9 Å². The molecule has 8 heteroatoms. The summed E-state index contributed by atoms with van der Waals surface area (Å²) in [6.45, 7) is 4.40. The van der Waals surface area contributed by atoms with Gasteiger partial charge in [-0.1, -0.05) is 41.9 Å². The second-order valence-corrected chi connectivity index (χ2v) is 7.86. The lowest BCUT2D eigenvalue weighted by Crippen LogP contribution is -2.26. The summed E-state index contributed by atoms with van der Waals surface area (Å²) in [7, 11) is 1.69. The average Bonchev–Trinajstić information content (AvgIpc) is 3.02. The van der Waals surface area contributed by atoms with Gasteiger partial charge >= 0.3 is 0 Å². The van der Waals surface area contributed by atoms with Crippen molar-refractivity contribution in [2.24, 2.45) is 7.05 Å². The number of anilines is 1. The number of carbonyl (C=O) groups excluding carboxylic acids is 1. The minimum Gasteiger partial charge on any atom is -0.317 e. The summed E-state index contributed by atoms with van der Waals surface area (Å²) in [6, 6.07) is 15.1. The molecule has 2 aromatic heterocycles. The first kappa shape index (κ1) is 20.8. The standard InChI is InChI=1S/C23H22ClN5O2/c1-14-20(15(2)29(26-14)12-11-16-7-5-4-6-8-16)25-23(31)21-22(30)18-13-17(24)9-10-19(18)28(3)27-21/h4-10,13H,11-12H2,1-3H3,(H,25,31). The highest BCUT2D eigenvalue weighted by molar-refractivity contribution is 6.31. The van der Waals surface area contributed by atoms with E-state index in [1.54, 1.807) is 25.2 Å². The Morgan fingerprint density at radius 1 is 1.10 bits per heavy atom. The molecule has 4 rings (SSSR count). The van der Waals surface area contributed by atoms with Crippen molar-refractivity contribution in [3.63, 3.8) is 0 Å². The molecule has 4 aromatic rings. The summed E-state index contributed by atoms with van der Waals surface area (Å²) in [5, 5.41) is 12.3. The van der Waals surface area contributed by atoms with Crippen molar-refractivity contribution in [1.29, 1.82) is 0 Å². The Hall–Kier alpha value is -3.45. The quantitative estimate of drug-likeness (QED) is 0.515. The molecular formula is C23H22ClN5O2. The van der Waals surface area contributed by atoms with Gasteiger partial charge in [-0.2, -0.15) is 10.2 Å². The fraction of sp³-hybridized carbons (Fsp3) is 0.217. The minimum absolute atomic E-state index is 0.187. The van der Waals surface area contributed by atoms with E-state index in [0.717, 1.165) is 12.1 Å². The second-order valence-electron chi connectivity index (χ2n) is 7.42. The van der Waals surface area contributed by atoms with E-state index in [1.165, 1.54) is 10.2 Å². The third kappa shape index (κ3) is 4.09. The molecule has 7 nitrogen and oxygen atoms in total. The molecule has 1 N–H and O–H groups in total. The molecule has 0 aliphatic heterocycles. The molecule has 0 aliphatic carbocycles. The van der Waals surface area contributed by atoms with Crippen molar-refractivity contribution >= 4 is 34.1 Å². The van der Waals surface area contributed by atoms with E-state index in [-0.39, 0.29) is 5.69 Å². The van der Waals surface area contributed by atoms with Gasteiger partial charge in [0.1, 0.15) is 0 Å². The van der Waals surface area contributed by atoms with Crippen molar-refractivity contribution in [3.05, 3.63) is 86.4 Å². The maximum Gasteiger partial charge on any atom is 0.280 e. The molecule has 0 saturated carbocycles. The van der Waals surface area contributed by atoms with Crippen molar-refractivity contribution in [1.82, 2.24) is 19.6 Å². The lowest BCUT2D eigenvalue weighted by Gasteiger charge is -2.09. The molecule has 2 aromatic carbocycles. The Labute approximate surface area is 184 Å². The van der Waals surface area contributed by atoms with Gasteiger partial charge in [0.05, 0.1) is 28.0 Å². The number of hydrogen-bond acceptors (Lipinski definition) is 4. The zero-order chi connectivity index (χ0) is 22.1. The molecule has 0 aliphatic rings. The number of fused-ring (bicyclic) bond motifs is 1. The first-order chi connectivity index (χ1) is 14.8. The Balaban J connectivity index is 1.61. The molecule has 0 atom stereocenters. The normalized spacial score (nSPS) is 11.1. The van der Waals surface area contributed by atoms with Gasteiger partial charge in [-0.05, 0) is 44.0 Å². The highest BCUT2D eigenvalue weighted by Crippen LogP contribution is 2.21. The van der Waals surface area contributed by atoms with Gasteiger partial charge in [-0.25, -0.2) is 0 Å². The number of rotatable bonds is 5. The molecule has 0 saturated heterocycles. The highest BCUT2D eigenvalue weighted by atomic mass is 35.5. The van der Waals surface area contributed by atoms with Gasteiger partial charge in [0.15, 0.2) is 5.69 Å². The lowest BCUT2D eigenvalue weighted by molar-refractivity contribution is 0.101. The number of benzene rings is 2. The Kier molecular flexibility index (Phi) is 5.61. The summed E-state index contributed by atoms with van der Waals surface area (Å²) in [4.78, 5) is 25.8. The van der Waals surface area contributed by atoms with E-state index in [1.807, 2.05) is 36.7 Å². The van der Waals surface area contributed by atoms with Crippen LogP contribution < -0.4 is 10.7 Å². The topological polar surface area (TPSA) is 81.8 Å². The highest BCUT2D eigenvalue weighted by Gasteiger charge is 2.20. The molecule has 0 radical (unpaired) electrons. The van der Waals surface area contributed by atoms with E-state index in [2.05, 4.69) is 27.6 Å². The van der Waals surface area contributed by atoms with Crippen LogP contribution >= 0.6 is 11.6 Å². The van der Waals surface area contributed by atoms with E-state index >= 15 is 0 Å². The van der Waals surface area contributed by atoms with Gasteiger partial charge in [0.2, 0.25) is 5.43 Å². The Bertz CT molecular complexity index is 1340. The first-order valence-electron chi connectivity index (χ1n) is 9.91. The van der Waals surface area contributed by atoms with Crippen LogP contribution in [-0.2, 0) is 20.0 Å². The molecule has 1 amide bonds. The van der Waals surface area contributed by atoms with Crippen molar-refractivity contribution in [2.45, 2.75) is 26.8 Å². The second kappa shape index (κ2) is 8.35. The van der Waals surface area contributed by atoms with Crippen LogP contribution in [0.5, 0.6) is 0 Å². The van der Waals surface area contributed by atoms with Gasteiger partial charge in [0.25, 0.3) is 5.91 Å². The maximum atomic E-state index is 13.0. The van der Waals surface area contributed by atoms with Crippen LogP contribution in [0, 0.1) is 13.8 Å². The molecule has 2 heterocycles. The van der Waals surface area contributed by atoms with Crippen LogP contribution in [0.4, 0.5) is 5.69 Å². The van der Waals surface area contributed by atoms with Gasteiger partial charge in [0, 0.05) is 18.6 Å². The third-order valence-corrected chi connectivity index (χ3v) is 5.54. The van der Waals surface area contributed by atoms with E-state index in [4.69, 9.17) is 11.6 Å². The summed E-state index contributed by atoms with van der Waals surface area (Å²) in [5.41, 5.74) is 3.26. The van der Waals surface area contributed by atoms with Crippen LogP contribution in [0.15, 0.2) is 53.3 Å². The van der Waals surface area contributed by atoms with Gasteiger partial charge < -0.3 is 5.32 Å². The molecule has 0 fully saturated rings. The molecular weight excluding hydrogens is 414 g/mol. The van der Waals surface area contributed by atoms with E-state index in [0.29, 0.717) is 33.9 Å². The summed E-state index contributed by atoms with van der Waals surface area (Å²) in [5.74, 6) is -0.573. The minimum atomic E-state index is -0.573. The molecule has 0 unspecified atom stereocenters. The number of carbonyl (C=O) groups is 1. The monoisotopic (exact) mass is 435 g/mol. The van der Waals surface area contributed by atoms with E-state index in [9.17, 15) is 9.59 Å². The first-order valence-corrected chi connectivity index (χ1v) is 10.3. The summed E-state index contributed by atoms with van der Waals surface area (Å²) >= 11 is 6.04. The summed E-state index contributed by atoms with van der Waals surface area (Å²) < 4.78 is 3.37. The Morgan fingerprint density at radius 3 is 2.58 bits per heavy atom. The lowest BCUT2D eigenvalue weighted by atomic mass is 10.1. The SMILES string of the molecule is Cc1nn(CCc2ccccc2)c(C)c1NC(=O)c1nn(C)c2ccc(Cl)cc2c1=O. The number of nitrogens with zero attached hydrogens (tertiary/aromatic N) is 4. The van der Waals surface area contributed by atoms with Crippen LogP contribution in [0.3, 0.4) is 0 Å². The maximum absolute atomic E-state index is 13.0. The van der Waals surface area contributed by atoms with Crippen molar-refractivity contribution in [3.8, 4) is 0 Å². The number of aromatic nitrogens is 4. The summed E-state index contributed by atoms with van der Waals surface area (Å²) in [6.07, 6.45) is 0.823. The third-order valence-electron chi connectivity index (χ3n) is 5.31. The number of hydrogen-bond donors (Lipinski definition) is 1. The van der Waals surface area contributed by atoms with Crippen molar-refractivity contribution in [2.75, 3.05) is 5.32 Å². The zero-order valence-electron chi connectivity index (χ0n) is 17.5. The number of amides is 1. The molecule has 0 bridgehead atoms. The van der Waals surface area contributed by atoms with Gasteiger partial charge in [-0.3, -0.25) is 19.0 Å². The van der Waals surface area contributed by atoms with E-state index < -0.39 is 11.3 Å². The predicted molar refractivity (Wildman–Crippen MR) is 122 cm³/mol. The van der Waals surface area contributed by atoms with Crippen LogP contribution in [-0.4, -0.2) is 25.5 Å². The fourth-order valence-electron chi connectivity index (χ4n) is 3.65. The largest absolute Gasteiger partial charge is 0.317 e. The fourth-order valence-corrected chi connectivity index (χ4v) is 3.82. The predicted octanol–water partition coefficient (Wildman–Crippen LogP) is 3.90. The number of halogens is 1. The molecule has 31 heavy (non-hydrogen) atoms.